The van der Waals surface area contributed by atoms with Crippen LogP contribution in [0.15, 0.2) is 23.0 Å². The van der Waals surface area contributed by atoms with E-state index in [-0.39, 0.29) is 0 Å². The Morgan fingerprint density at radius 3 is 1.71 bits per heavy atom. The molecule has 0 aliphatic heterocycles. The summed E-state index contributed by atoms with van der Waals surface area (Å²) >= 11 is 0. The molecule has 0 atom stereocenters. The van der Waals surface area contributed by atoms with E-state index in [1.54, 1.807) is 7.11 Å². The molecule has 1 aliphatic rings. The minimum Gasteiger partial charge on any atom is -0.501 e. The summed E-state index contributed by atoms with van der Waals surface area (Å²) in [6, 6.07) is 0. The van der Waals surface area contributed by atoms with Crippen LogP contribution in [0.3, 0.4) is 0 Å². The summed E-state index contributed by atoms with van der Waals surface area (Å²) in [5, 5.41) is 0. The normalized spacial score (nSPS) is 12.9. The lowest BCUT2D eigenvalue weighted by Crippen LogP contribution is -1.96. The molecular weight excluding hydrogens is 208 g/mol. The predicted molar refractivity (Wildman–Crippen MR) is 81.4 cm³/mol. The van der Waals surface area contributed by atoms with Crippen molar-refractivity contribution in [3.05, 3.63) is 23.0 Å². The van der Waals surface area contributed by atoms with Crippen LogP contribution in [0.1, 0.15) is 74.7 Å². The topological polar surface area (TPSA) is 9.23 Å². The molecule has 0 saturated heterocycles. The highest BCUT2D eigenvalue weighted by molar-refractivity contribution is 5.28. The van der Waals surface area contributed by atoms with Gasteiger partial charge in [0, 0.05) is 6.42 Å². The summed E-state index contributed by atoms with van der Waals surface area (Å²) in [6.45, 7) is 16.6. The zero-order valence-corrected chi connectivity index (χ0v) is 13.6. The molecule has 0 aromatic heterocycles. The van der Waals surface area contributed by atoms with Crippen LogP contribution in [0.25, 0.3) is 0 Å². The molecule has 0 aromatic carbocycles. The number of ether oxygens (including phenoxy) is 1. The van der Waals surface area contributed by atoms with Gasteiger partial charge in [-0.2, -0.15) is 0 Å². The Hall–Kier alpha value is -0.720. The minimum atomic E-state index is 1.07. The third-order valence-corrected chi connectivity index (χ3v) is 2.06. The van der Waals surface area contributed by atoms with E-state index in [1.807, 2.05) is 27.7 Å². The summed E-state index contributed by atoms with van der Waals surface area (Å²) in [5.74, 6) is 1.11. The second kappa shape index (κ2) is 17.7. The molecule has 104 valence electrons. The van der Waals surface area contributed by atoms with Crippen LogP contribution in [0.2, 0.25) is 0 Å². The fourth-order valence-electron chi connectivity index (χ4n) is 1.11. The molecule has 0 spiro atoms. The standard InChI is InChI=1S/C9H14O.C3H8.2C2H6/c1-7-4-5-9(10-3)6-8(7)2;1-3-2;2*1-2/h6H,4-5H2,1-3H3;3H2,1-2H3;2*1-2H3. The Balaban J connectivity index is -0.000000239. The lowest BCUT2D eigenvalue weighted by Gasteiger charge is -2.13. The zero-order chi connectivity index (χ0) is 14.3. The van der Waals surface area contributed by atoms with Gasteiger partial charge < -0.3 is 4.74 Å². The fourth-order valence-corrected chi connectivity index (χ4v) is 1.11. The lowest BCUT2D eigenvalue weighted by molar-refractivity contribution is 0.275. The smallest absolute Gasteiger partial charge is 0.0961 e. The van der Waals surface area contributed by atoms with Crippen molar-refractivity contribution >= 4 is 0 Å². The van der Waals surface area contributed by atoms with E-state index >= 15 is 0 Å². The van der Waals surface area contributed by atoms with Gasteiger partial charge in [0.1, 0.15) is 0 Å². The molecule has 0 amide bonds. The second-order valence-electron chi connectivity index (χ2n) is 3.49. The van der Waals surface area contributed by atoms with Crippen molar-refractivity contribution in [1.82, 2.24) is 0 Å². The third-order valence-electron chi connectivity index (χ3n) is 2.06. The zero-order valence-electron chi connectivity index (χ0n) is 13.6. The first kappa shape index (κ1) is 21.6. The molecule has 1 aliphatic carbocycles. The van der Waals surface area contributed by atoms with E-state index in [0.717, 1.165) is 18.6 Å². The van der Waals surface area contributed by atoms with Crippen molar-refractivity contribution in [2.24, 2.45) is 0 Å². The number of methoxy groups -OCH3 is 1. The maximum absolute atomic E-state index is 5.14. The summed E-state index contributed by atoms with van der Waals surface area (Å²) in [5.41, 5.74) is 2.85. The Kier molecular flexibility index (Phi) is 22.4. The van der Waals surface area contributed by atoms with E-state index < -0.39 is 0 Å². The van der Waals surface area contributed by atoms with Gasteiger partial charge in [-0.05, 0) is 31.9 Å². The van der Waals surface area contributed by atoms with Crippen LogP contribution in [-0.2, 0) is 4.74 Å². The van der Waals surface area contributed by atoms with Crippen LogP contribution in [-0.4, -0.2) is 7.11 Å². The molecule has 1 heteroatoms. The van der Waals surface area contributed by atoms with Crippen molar-refractivity contribution in [2.75, 3.05) is 7.11 Å². The van der Waals surface area contributed by atoms with Crippen molar-refractivity contribution in [3.8, 4) is 0 Å². The molecule has 1 nitrogen and oxygen atoms in total. The largest absolute Gasteiger partial charge is 0.501 e. The van der Waals surface area contributed by atoms with Crippen molar-refractivity contribution in [3.63, 3.8) is 0 Å². The minimum absolute atomic E-state index is 1.07. The lowest BCUT2D eigenvalue weighted by atomic mass is 9.99. The van der Waals surface area contributed by atoms with Crippen molar-refractivity contribution in [1.29, 1.82) is 0 Å². The van der Waals surface area contributed by atoms with E-state index in [2.05, 4.69) is 33.8 Å². The van der Waals surface area contributed by atoms with E-state index in [1.165, 1.54) is 17.6 Å². The first-order valence-corrected chi connectivity index (χ1v) is 7.06. The van der Waals surface area contributed by atoms with Crippen molar-refractivity contribution in [2.45, 2.75) is 74.7 Å². The number of rotatable bonds is 1. The summed E-state index contributed by atoms with van der Waals surface area (Å²) in [7, 11) is 1.74. The highest BCUT2D eigenvalue weighted by Gasteiger charge is 2.05. The Morgan fingerprint density at radius 2 is 1.41 bits per heavy atom. The van der Waals surface area contributed by atoms with Gasteiger partial charge in [-0.25, -0.2) is 0 Å². The van der Waals surface area contributed by atoms with Gasteiger partial charge in [0.15, 0.2) is 0 Å². The van der Waals surface area contributed by atoms with Gasteiger partial charge in [0.05, 0.1) is 12.9 Å². The van der Waals surface area contributed by atoms with Crippen LogP contribution >= 0.6 is 0 Å². The van der Waals surface area contributed by atoms with Crippen molar-refractivity contribution < 1.29 is 4.74 Å². The van der Waals surface area contributed by atoms with E-state index in [4.69, 9.17) is 4.74 Å². The molecule has 0 unspecified atom stereocenters. The molecule has 0 saturated carbocycles. The monoisotopic (exact) mass is 242 g/mol. The molecular formula is C16H34O. The van der Waals surface area contributed by atoms with Crippen LogP contribution in [0.5, 0.6) is 0 Å². The van der Waals surface area contributed by atoms with Gasteiger partial charge in [-0.3, -0.25) is 0 Å². The number of hydrogen-bond donors (Lipinski definition) is 0. The molecule has 0 N–H and O–H groups in total. The maximum Gasteiger partial charge on any atom is 0.0961 e. The summed E-state index contributed by atoms with van der Waals surface area (Å²) in [6.07, 6.45) is 5.60. The maximum atomic E-state index is 5.14. The number of allylic oxidation sites excluding steroid dienone is 4. The quantitative estimate of drug-likeness (QED) is 0.538. The first-order chi connectivity index (χ1) is 8.15. The summed E-state index contributed by atoms with van der Waals surface area (Å²) in [4.78, 5) is 0. The predicted octanol–water partition coefficient (Wildman–Crippen LogP) is 6.12. The van der Waals surface area contributed by atoms with E-state index in [9.17, 15) is 0 Å². The van der Waals surface area contributed by atoms with Crippen LogP contribution < -0.4 is 0 Å². The van der Waals surface area contributed by atoms with E-state index in [0.29, 0.717) is 0 Å². The number of hydrogen-bond acceptors (Lipinski definition) is 1. The molecule has 0 fully saturated rings. The molecule has 0 radical (unpaired) electrons. The van der Waals surface area contributed by atoms with Gasteiger partial charge in [0.25, 0.3) is 0 Å². The Morgan fingerprint density at radius 1 is 1.00 bits per heavy atom. The highest BCUT2D eigenvalue weighted by Crippen LogP contribution is 2.22. The van der Waals surface area contributed by atoms with Gasteiger partial charge in [-0.15, -0.1) is 0 Å². The van der Waals surface area contributed by atoms with Crippen LogP contribution in [0.4, 0.5) is 0 Å². The fraction of sp³-hybridized carbons (Fsp3) is 0.750. The van der Waals surface area contributed by atoms with Crippen LogP contribution in [0, 0.1) is 0 Å². The van der Waals surface area contributed by atoms with Gasteiger partial charge in [-0.1, -0.05) is 53.5 Å². The Bertz CT molecular complexity index is 200. The average molecular weight is 242 g/mol. The molecule has 1 rings (SSSR count). The van der Waals surface area contributed by atoms with Gasteiger partial charge >= 0.3 is 0 Å². The van der Waals surface area contributed by atoms with Gasteiger partial charge in [0.2, 0.25) is 0 Å². The Labute approximate surface area is 110 Å². The molecule has 0 aromatic rings. The molecule has 0 heterocycles. The molecule has 17 heavy (non-hydrogen) atoms. The third kappa shape index (κ3) is 13.2. The highest BCUT2D eigenvalue weighted by atomic mass is 16.5. The average Bonchev–Trinajstić information content (AvgIpc) is 2.38. The second-order valence-corrected chi connectivity index (χ2v) is 3.49. The SMILES string of the molecule is CC.CC.CCC.COC1=CC(C)=C(C)CC1. The first-order valence-electron chi connectivity index (χ1n) is 7.06. The molecule has 0 bridgehead atoms. The summed E-state index contributed by atoms with van der Waals surface area (Å²) < 4.78 is 5.14.